The molecule has 2 aliphatic rings. The lowest BCUT2D eigenvalue weighted by Crippen LogP contribution is -2.44. The van der Waals surface area contributed by atoms with E-state index in [1.165, 1.54) is 12.8 Å². The van der Waals surface area contributed by atoms with Gasteiger partial charge in [-0.25, -0.2) is 0 Å². The first-order chi connectivity index (χ1) is 5.98. The molecule has 13 heavy (non-hydrogen) atoms. The lowest BCUT2D eigenvalue weighted by Gasteiger charge is -2.42. The first-order valence-electron chi connectivity index (χ1n) is 5.39. The van der Waals surface area contributed by atoms with Crippen LogP contribution >= 0.6 is 0 Å². The van der Waals surface area contributed by atoms with Gasteiger partial charge in [0.25, 0.3) is 0 Å². The average Bonchev–Trinajstić information content (AvgIpc) is 2.29. The molecule has 0 aromatic rings. The van der Waals surface area contributed by atoms with Crippen molar-refractivity contribution in [2.45, 2.75) is 45.7 Å². The minimum atomic E-state index is 0.490. The zero-order valence-corrected chi connectivity index (χ0v) is 9.25. The van der Waals surface area contributed by atoms with Gasteiger partial charge in [-0.1, -0.05) is 32.9 Å². The third-order valence-electron chi connectivity index (χ3n) is 3.88. The Labute approximate surface area is 81.8 Å². The van der Waals surface area contributed by atoms with Gasteiger partial charge in [0, 0.05) is 12.1 Å². The molecule has 2 heterocycles. The smallest absolute Gasteiger partial charge is 0.0284 e. The van der Waals surface area contributed by atoms with Crippen molar-refractivity contribution in [1.82, 2.24) is 4.90 Å². The Morgan fingerprint density at radius 2 is 1.54 bits per heavy atom. The number of likely N-dealkylation sites (N-methyl/N-ethyl adjacent to an activating group) is 1. The summed E-state index contributed by atoms with van der Waals surface area (Å²) >= 11 is 0. The number of hydrogen-bond acceptors (Lipinski definition) is 1. The Balaban J connectivity index is 2.09. The molecule has 0 saturated carbocycles. The molecule has 74 valence electrons. The summed E-state index contributed by atoms with van der Waals surface area (Å²) in [6.07, 6.45) is 7.51. The second kappa shape index (κ2) is 2.84. The molecule has 2 rings (SSSR count). The van der Waals surface area contributed by atoms with Crippen molar-refractivity contribution in [3.63, 3.8) is 0 Å². The van der Waals surface area contributed by atoms with Gasteiger partial charge >= 0.3 is 0 Å². The maximum absolute atomic E-state index is 2.52. The van der Waals surface area contributed by atoms with Crippen molar-refractivity contribution in [3.8, 4) is 0 Å². The number of hydrogen-bond donors (Lipinski definition) is 0. The Bertz CT molecular complexity index is 208. The van der Waals surface area contributed by atoms with Crippen molar-refractivity contribution in [2.75, 3.05) is 7.05 Å². The van der Waals surface area contributed by atoms with Crippen LogP contribution in [0.1, 0.15) is 33.6 Å². The maximum atomic E-state index is 2.52. The zero-order valence-electron chi connectivity index (χ0n) is 9.25. The van der Waals surface area contributed by atoms with E-state index >= 15 is 0 Å². The van der Waals surface area contributed by atoms with Gasteiger partial charge in [0.15, 0.2) is 0 Å². The molecule has 2 bridgehead atoms. The van der Waals surface area contributed by atoms with E-state index in [4.69, 9.17) is 0 Å². The van der Waals surface area contributed by atoms with E-state index in [1.54, 1.807) is 0 Å². The van der Waals surface area contributed by atoms with Gasteiger partial charge in [0.2, 0.25) is 0 Å². The third kappa shape index (κ3) is 1.54. The fraction of sp³-hybridized carbons (Fsp3) is 0.833. The van der Waals surface area contributed by atoms with Gasteiger partial charge in [-0.2, -0.15) is 0 Å². The van der Waals surface area contributed by atoms with Crippen LogP contribution in [-0.2, 0) is 0 Å². The van der Waals surface area contributed by atoms with Gasteiger partial charge in [-0.3, -0.25) is 4.90 Å². The largest absolute Gasteiger partial charge is 0.294 e. The molecule has 0 aliphatic carbocycles. The molecular formula is C12H21N. The summed E-state index contributed by atoms with van der Waals surface area (Å²) in [5.41, 5.74) is 0.490. The molecule has 2 unspecified atom stereocenters. The van der Waals surface area contributed by atoms with Crippen molar-refractivity contribution in [2.24, 2.45) is 11.3 Å². The molecule has 1 saturated heterocycles. The van der Waals surface area contributed by atoms with Crippen LogP contribution in [0.25, 0.3) is 0 Å². The van der Waals surface area contributed by atoms with E-state index in [9.17, 15) is 0 Å². The fourth-order valence-corrected chi connectivity index (χ4v) is 2.65. The molecule has 2 atom stereocenters. The van der Waals surface area contributed by atoms with Crippen LogP contribution in [0.15, 0.2) is 12.2 Å². The van der Waals surface area contributed by atoms with E-state index in [-0.39, 0.29) is 0 Å². The number of fused-ring (bicyclic) bond motifs is 2. The summed E-state index contributed by atoms with van der Waals surface area (Å²) in [6, 6.07) is 1.45. The molecule has 0 aromatic heterocycles. The standard InChI is InChI=1S/C12H21N/c1-12(2,3)9-7-10-5-6-11(8-9)13(10)4/h5-6,9-11H,7-8H2,1-4H3. The molecule has 0 N–H and O–H groups in total. The van der Waals surface area contributed by atoms with Crippen LogP contribution in [0, 0.1) is 11.3 Å². The Hall–Kier alpha value is -0.300. The molecule has 1 nitrogen and oxygen atoms in total. The van der Waals surface area contributed by atoms with E-state index < -0.39 is 0 Å². The molecule has 1 heteroatoms. The van der Waals surface area contributed by atoms with Gasteiger partial charge in [0.05, 0.1) is 0 Å². The number of rotatable bonds is 0. The highest BCUT2D eigenvalue weighted by molar-refractivity contribution is 5.14. The predicted molar refractivity (Wildman–Crippen MR) is 56.7 cm³/mol. The van der Waals surface area contributed by atoms with Crippen LogP contribution in [0.5, 0.6) is 0 Å². The van der Waals surface area contributed by atoms with Crippen molar-refractivity contribution >= 4 is 0 Å². The normalized spacial score (nSPS) is 39.8. The van der Waals surface area contributed by atoms with Crippen molar-refractivity contribution < 1.29 is 0 Å². The summed E-state index contributed by atoms with van der Waals surface area (Å²) in [6.45, 7) is 7.13. The first kappa shape index (κ1) is 9.26. The average molecular weight is 179 g/mol. The summed E-state index contributed by atoms with van der Waals surface area (Å²) in [5, 5.41) is 0. The molecule has 1 fully saturated rings. The van der Waals surface area contributed by atoms with Gasteiger partial charge < -0.3 is 0 Å². The topological polar surface area (TPSA) is 3.24 Å². The second-order valence-electron chi connectivity index (χ2n) is 5.72. The van der Waals surface area contributed by atoms with E-state index in [0.717, 1.165) is 18.0 Å². The van der Waals surface area contributed by atoms with E-state index in [0.29, 0.717) is 5.41 Å². The Morgan fingerprint density at radius 3 is 1.92 bits per heavy atom. The number of piperidine rings is 1. The highest BCUT2D eigenvalue weighted by Gasteiger charge is 2.39. The second-order valence-corrected chi connectivity index (χ2v) is 5.72. The van der Waals surface area contributed by atoms with Gasteiger partial charge in [0.1, 0.15) is 0 Å². The van der Waals surface area contributed by atoms with E-state index in [1.807, 2.05) is 0 Å². The monoisotopic (exact) mass is 179 g/mol. The van der Waals surface area contributed by atoms with Crippen LogP contribution in [0.4, 0.5) is 0 Å². The van der Waals surface area contributed by atoms with Crippen molar-refractivity contribution in [1.29, 1.82) is 0 Å². The summed E-state index contributed by atoms with van der Waals surface area (Å²) < 4.78 is 0. The van der Waals surface area contributed by atoms with Gasteiger partial charge in [-0.05, 0) is 31.2 Å². The Morgan fingerprint density at radius 1 is 1.08 bits per heavy atom. The highest BCUT2D eigenvalue weighted by Crippen LogP contribution is 2.41. The summed E-state index contributed by atoms with van der Waals surface area (Å²) in [5.74, 6) is 0.897. The summed E-state index contributed by atoms with van der Waals surface area (Å²) in [4.78, 5) is 2.52. The Kier molecular flexibility index (Phi) is 2.03. The summed E-state index contributed by atoms with van der Waals surface area (Å²) in [7, 11) is 2.26. The van der Waals surface area contributed by atoms with Crippen LogP contribution in [0.3, 0.4) is 0 Å². The maximum Gasteiger partial charge on any atom is 0.0284 e. The minimum Gasteiger partial charge on any atom is -0.294 e. The lowest BCUT2D eigenvalue weighted by atomic mass is 9.73. The molecule has 2 aliphatic heterocycles. The molecule has 0 radical (unpaired) electrons. The van der Waals surface area contributed by atoms with Gasteiger partial charge in [-0.15, -0.1) is 0 Å². The van der Waals surface area contributed by atoms with Crippen LogP contribution in [-0.4, -0.2) is 24.0 Å². The van der Waals surface area contributed by atoms with Crippen molar-refractivity contribution in [3.05, 3.63) is 12.2 Å². The SMILES string of the molecule is CN1C2C=CC1CC(C(C)(C)C)C2. The molecule has 0 amide bonds. The zero-order chi connectivity index (χ0) is 9.64. The molecule has 0 aromatic carbocycles. The minimum absolute atomic E-state index is 0.490. The van der Waals surface area contributed by atoms with E-state index in [2.05, 4.69) is 44.9 Å². The third-order valence-corrected chi connectivity index (χ3v) is 3.88. The van der Waals surface area contributed by atoms with Crippen LogP contribution in [0.2, 0.25) is 0 Å². The number of nitrogens with zero attached hydrogens (tertiary/aromatic N) is 1. The van der Waals surface area contributed by atoms with Crippen LogP contribution < -0.4 is 0 Å². The molecular weight excluding hydrogens is 158 g/mol. The molecule has 0 spiro atoms. The fourth-order valence-electron chi connectivity index (χ4n) is 2.65. The predicted octanol–water partition coefficient (Wildman–Crippen LogP) is 2.68. The first-order valence-corrected chi connectivity index (χ1v) is 5.39. The lowest BCUT2D eigenvalue weighted by molar-refractivity contribution is 0.0838. The highest BCUT2D eigenvalue weighted by atomic mass is 15.2. The quantitative estimate of drug-likeness (QED) is 0.517.